The molecule has 0 saturated carbocycles. The van der Waals surface area contributed by atoms with Gasteiger partial charge in [-0.05, 0) is 73.2 Å². The third-order valence-electron chi connectivity index (χ3n) is 4.15. The molecule has 0 aliphatic carbocycles. The Morgan fingerprint density at radius 2 is 2.00 bits per heavy atom. The molecule has 0 spiro atoms. The van der Waals surface area contributed by atoms with E-state index in [2.05, 4.69) is 26.4 Å². The number of amides is 1. The Labute approximate surface area is 183 Å². The molecule has 0 aliphatic heterocycles. The van der Waals surface area contributed by atoms with Crippen molar-refractivity contribution in [2.75, 3.05) is 5.32 Å². The molecule has 1 atom stereocenters. The van der Waals surface area contributed by atoms with Crippen molar-refractivity contribution < 1.29 is 18.4 Å². The summed E-state index contributed by atoms with van der Waals surface area (Å²) in [6.07, 6.45) is -0.735. The van der Waals surface area contributed by atoms with Crippen LogP contribution in [0.2, 0.25) is 0 Å². The van der Waals surface area contributed by atoms with E-state index in [9.17, 15) is 9.18 Å². The number of ether oxygens (including phenoxy) is 1. The third-order valence-corrected chi connectivity index (χ3v) is 5.84. The van der Waals surface area contributed by atoms with Crippen LogP contribution in [-0.4, -0.2) is 11.2 Å². The second kappa shape index (κ2) is 8.20. The van der Waals surface area contributed by atoms with Gasteiger partial charge in [0.1, 0.15) is 17.2 Å². The third kappa shape index (κ3) is 4.38. The van der Waals surface area contributed by atoms with Gasteiger partial charge < -0.3 is 9.26 Å². The van der Waals surface area contributed by atoms with E-state index in [0.29, 0.717) is 17.1 Å². The Bertz CT molecular complexity index is 1040. The SMILES string of the molecule is Cc1cc(-c2onc(C)c2NC(=O)O[C@](C)(I)c2ccccc2F)ccc1Br. The van der Waals surface area contributed by atoms with Crippen molar-refractivity contribution in [1.82, 2.24) is 5.16 Å². The molecule has 5 nitrogen and oxygen atoms in total. The molecule has 28 heavy (non-hydrogen) atoms. The van der Waals surface area contributed by atoms with Gasteiger partial charge in [-0.15, -0.1) is 0 Å². The number of hydrogen-bond acceptors (Lipinski definition) is 4. The molecule has 146 valence electrons. The highest BCUT2D eigenvalue weighted by atomic mass is 127. The largest absolute Gasteiger partial charge is 0.427 e. The minimum absolute atomic E-state index is 0.275. The van der Waals surface area contributed by atoms with Crippen LogP contribution >= 0.6 is 38.5 Å². The first kappa shape index (κ1) is 20.8. The number of aryl methyl sites for hydroxylation is 2. The molecule has 0 radical (unpaired) electrons. The van der Waals surface area contributed by atoms with Crippen molar-refractivity contribution in [2.24, 2.45) is 0 Å². The molecular formula is C20H17BrFIN2O3. The van der Waals surface area contributed by atoms with Gasteiger partial charge in [0, 0.05) is 15.6 Å². The van der Waals surface area contributed by atoms with Crippen LogP contribution in [0.5, 0.6) is 0 Å². The number of rotatable bonds is 4. The number of carbonyl (C=O) groups is 1. The van der Waals surface area contributed by atoms with Crippen LogP contribution in [0, 0.1) is 19.7 Å². The lowest BCUT2D eigenvalue weighted by atomic mass is 10.1. The second-order valence-electron chi connectivity index (χ2n) is 6.35. The molecule has 1 heterocycles. The summed E-state index contributed by atoms with van der Waals surface area (Å²) in [5.41, 5.74) is 2.97. The van der Waals surface area contributed by atoms with Crippen LogP contribution in [0.4, 0.5) is 14.9 Å². The highest BCUT2D eigenvalue weighted by Crippen LogP contribution is 2.36. The van der Waals surface area contributed by atoms with Gasteiger partial charge in [-0.3, -0.25) is 5.32 Å². The molecule has 3 aromatic rings. The number of nitrogens with one attached hydrogen (secondary N) is 1. The van der Waals surface area contributed by atoms with Gasteiger partial charge in [0.15, 0.2) is 9.37 Å². The van der Waals surface area contributed by atoms with Crippen LogP contribution in [0.25, 0.3) is 11.3 Å². The van der Waals surface area contributed by atoms with E-state index in [1.807, 2.05) is 47.7 Å². The van der Waals surface area contributed by atoms with Gasteiger partial charge in [-0.25, -0.2) is 9.18 Å². The monoisotopic (exact) mass is 558 g/mol. The van der Waals surface area contributed by atoms with E-state index in [4.69, 9.17) is 9.26 Å². The summed E-state index contributed by atoms with van der Waals surface area (Å²) in [6.45, 7) is 5.29. The maximum Gasteiger partial charge on any atom is 0.413 e. The molecule has 1 amide bonds. The molecule has 0 aliphatic rings. The quantitative estimate of drug-likeness (QED) is 0.285. The molecule has 1 aromatic heterocycles. The minimum Gasteiger partial charge on any atom is -0.427 e. The first-order valence-corrected chi connectivity index (χ1v) is 10.2. The average molecular weight is 559 g/mol. The lowest BCUT2D eigenvalue weighted by molar-refractivity contribution is 0.108. The molecule has 0 bridgehead atoms. The van der Waals surface area contributed by atoms with E-state index in [1.165, 1.54) is 6.07 Å². The Morgan fingerprint density at radius 1 is 1.29 bits per heavy atom. The molecule has 0 fully saturated rings. The van der Waals surface area contributed by atoms with Gasteiger partial charge in [0.25, 0.3) is 0 Å². The fourth-order valence-electron chi connectivity index (χ4n) is 2.68. The predicted octanol–water partition coefficient (Wildman–Crippen LogP) is 6.72. The smallest absolute Gasteiger partial charge is 0.413 e. The summed E-state index contributed by atoms with van der Waals surface area (Å²) in [4.78, 5) is 12.5. The summed E-state index contributed by atoms with van der Waals surface area (Å²) in [5.74, 6) is -0.0227. The summed E-state index contributed by atoms with van der Waals surface area (Å²) in [6, 6.07) is 11.8. The van der Waals surface area contributed by atoms with Gasteiger partial charge in [-0.1, -0.05) is 39.3 Å². The summed E-state index contributed by atoms with van der Waals surface area (Å²) in [7, 11) is 0. The van der Waals surface area contributed by atoms with E-state index in [1.54, 1.807) is 32.0 Å². The van der Waals surface area contributed by atoms with Crippen molar-refractivity contribution in [3.05, 3.63) is 69.6 Å². The van der Waals surface area contributed by atoms with Crippen molar-refractivity contribution >= 4 is 50.3 Å². The maximum absolute atomic E-state index is 14.1. The van der Waals surface area contributed by atoms with Crippen molar-refractivity contribution in [2.45, 2.75) is 24.4 Å². The minimum atomic E-state index is -1.19. The Morgan fingerprint density at radius 3 is 2.68 bits per heavy atom. The normalized spacial score (nSPS) is 13.1. The number of hydrogen-bond donors (Lipinski definition) is 1. The molecule has 0 saturated heterocycles. The van der Waals surface area contributed by atoms with E-state index in [-0.39, 0.29) is 5.56 Å². The lowest BCUT2D eigenvalue weighted by Crippen LogP contribution is -2.27. The topological polar surface area (TPSA) is 64.4 Å². The van der Waals surface area contributed by atoms with E-state index in [0.717, 1.165) is 15.6 Å². The van der Waals surface area contributed by atoms with Crippen LogP contribution in [0.15, 0.2) is 51.5 Å². The number of nitrogens with zero attached hydrogens (tertiary/aromatic N) is 1. The molecule has 8 heteroatoms. The first-order valence-electron chi connectivity index (χ1n) is 8.36. The van der Waals surface area contributed by atoms with Gasteiger partial charge >= 0.3 is 6.09 Å². The van der Waals surface area contributed by atoms with Crippen LogP contribution < -0.4 is 5.32 Å². The van der Waals surface area contributed by atoms with Crippen molar-refractivity contribution in [1.29, 1.82) is 0 Å². The predicted molar refractivity (Wildman–Crippen MR) is 117 cm³/mol. The molecule has 1 N–H and O–H groups in total. The first-order chi connectivity index (χ1) is 13.2. The standard InChI is InChI=1S/C20H17BrFIN2O3/c1-11-10-13(8-9-15(11)21)18-17(12(2)25-28-18)24-19(26)27-20(3,23)14-6-4-5-7-16(14)22/h4-10H,1-3H3,(H,24,26)/t20-/m0/s1. The molecular weight excluding hydrogens is 542 g/mol. The fourth-order valence-corrected chi connectivity index (χ4v) is 3.56. The molecule has 2 aromatic carbocycles. The maximum atomic E-state index is 14.1. The second-order valence-corrected chi connectivity index (χ2v) is 9.26. The van der Waals surface area contributed by atoms with Crippen LogP contribution in [0.3, 0.4) is 0 Å². The molecule has 3 rings (SSSR count). The highest BCUT2D eigenvalue weighted by Gasteiger charge is 2.31. The Balaban J connectivity index is 1.84. The summed E-state index contributed by atoms with van der Waals surface area (Å²) < 4.78 is 24.8. The molecule has 0 unspecified atom stereocenters. The van der Waals surface area contributed by atoms with Gasteiger partial charge in [0.2, 0.25) is 0 Å². The summed E-state index contributed by atoms with van der Waals surface area (Å²) in [5, 5.41) is 6.63. The van der Waals surface area contributed by atoms with E-state index < -0.39 is 15.5 Å². The number of alkyl halides is 1. The van der Waals surface area contributed by atoms with Gasteiger partial charge in [-0.2, -0.15) is 0 Å². The number of benzene rings is 2. The van der Waals surface area contributed by atoms with Crippen molar-refractivity contribution in [3.63, 3.8) is 0 Å². The zero-order chi connectivity index (χ0) is 20.5. The fraction of sp³-hybridized carbons (Fsp3) is 0.200. The van der Waals surface area contributed by atoms with E-state index >= 15 is 0 Å². The number of carbonyl (C=O) groups excluding carboxylic acids is 1. The summed E-state index contributed by atoms with van der Waals surface area (Å²) >= 11 is 5.35. The number of anilines is 1. The number of halogens is 3. The van der Waals surface area contributed by atoms with Crippen LogP contribution in [-0.2, 0) is 8.34 Å². The zero-order valence-corrected chi connectivity index (χ0v) is 19.1. The highest BCUT2D eigenvalue weighted by molar-refractivity contribution is 14.1. The van der Waals surface area contributed by atoms with Gasteiger partial charge in [0.05, 0.1) is 0 Å². The van der Waals surface area contributed by atoms with Crippen LogP contribution in [0.1, 0.15) is 23.7 Å². The number of aromatic nitrogens is 1. The average Bonchev–Trinajstić information content (AvgIpc) is 2.97. The lowest BCUT2D eigenvalue weighted by Gasteiger charge is -2.24. The van der Waals surface area contributed by atoms with Crippen molar-refractivity contribution in [3.8, 4) is 11.3 Å². The Kier molecular flexibility index (Phi) is 6.09. The zero-order valence-electron chi connectivity index (χ0n) is 15.3. The Hall–Kier alpha value is -1.94.